The Morgan fingerprint density at radius 3 is 2.48 bits per heavy atom. The van der Waals surface area contributed by atoms with Gasteiger partial charge in [0.05, 0.1) is 9.88 Å². The molecule has 0 atom stereocenters. The van der Waals surface area contributed by atoms with Crippen molar-refractivity contribution in [2.75, 3.05) is 5.32 Å². The van der Waals surface area contributed by atoms with Crippen molar-refractivity contribution in [1.29, 1.82) is 0 Å². The third-order valence-electron chi connectivity index (χ3n) is 2.73. The Labute approximate surface area is 129 Å². The van der Waals surface area contributed by atoms with Gasteiger partial charge in [-0.1, -0.05) is 41.7 Å². The van der Waals surface area contributed by atoms with E-state index in [1.807, 2.05) is 44.2 Å². The van der Waals surface area contributed by atoms with Crippen LogP contribution in [0.2, 0.25) is 0 Å². The van der Waals surface area contributed by atoms with Gasteiger partial charge in [0, 0.05) is 0 Å². The number of rotatable bonds is 3. The fourth-order valence-electron chi connectivity index (χ4n) is 1.87. The molecule has 0 saturated heterocycles. The van der Waals surface area contributed by atoms with E-state index >= 15 is 0 Å². The normalized spacial score (nSPS) is 10.6. The highest BCUT2D eigenvalue weighted by molar-refractivity contribution is 7.16. The number of hydrogen-bond acceptors (Lipinski definition) is 6. The molecule has 2 aromatic heterocycles. The number of benzene rings is 1. The van der Waals surface area contributed by atoms with Gasteiger partial charge in [-0.05, 0) is 19.4 Å². The minimum absolute atomic E-state index is 0.255. The molecule has 2 heterocycles. The third-order valence-corrected chi connectivity index (χ3v) is 4.51. The average Bonchev–Trinajstić information content (AvgIpc) is 3.06. The monoisotopic (exact) mass is 316 g/mol. The molecule has 1 N–H and O–H groups in total. The molecule has 0 aliphatic rings. The molecule has 0 fully saturated rings. The summed E-state index contributed by atoms with van der Waals surface area (Å²) in [5, 5.41) is 12.7. The fraction of sp³-hybridized carbons (Fsp3) is 0.143. The van der Waals surface area contributed by atoms with E-state index in [1.54, 1.807) is 0 Å². The summed E-state index contributed by atoms with van der Waals surface area (Å²) in [4.78, 5) is 17.6. The SMILES string of the molecule is Cc1nnc(NC(=O)c2nc(C)sc2-c2ccccc2)s1. The highest BCUT2D eigenvalue weighted by Crippen LogP contribution is 2.30. The van der Waals surface area contributed by atoms with Crippen molar-refractivity contribution in [1.82, 2.24) is 15.2 Å². The van der Waals surface area contributed by atoms with Crippen LogP contribution in [-0.4, -0.2) is 21.1 Å². The van der Waals surface area contributed by atoms with Gasteiger partial charge in [-0.2, -0.15) is 0 Å². The average molecular weight is 316 g/mol. The lowest BCUT2D eigenvalue weighted by Gasteiger charge is -2.02. The Kier molecular flexibility index (Phi) is 3.76. The first-order chi connectivity index (χ1) is 10.1. The van der Waals surface area contributed by atoms with Gasteiger partial charge in [0.2, 0.25) is 5.13 Å². The summed E-state index contributed by atoms with van der Waals surface area (Å²) >= 11 is 2.85. The maximum Gasteiger partial charge on any atom is 0.277 e. The predicted octanol–water partition coefficient (Wildman–Crippen LogP) is 3.53. The Morgan fingerprint density at radius 1 is 1.05 bits per heavy atom. The molecule has 0 aliphatic heterocycles. The molecular weight excluding hydrogens is 304 g/mol. The van der Waals surface area contributed by atoms with Crippen molar-refractivity contribution in [3.05, 3.63) is 46.0 Å². The molecule has 1 amide bonds. The van der Waals surface area contributed by atoms with E-state index in [1.165, 1.54) is 22.7 Å². The number of aromatic nitrogens is 3. The van der Waals surface area contributed by atoms with E-state index in [2.05, 4.69) is 20.5 Å². The first-order valence-corrected chi connectivity index (χ1v) is 7.91. The largest absolute Gasteiger partial charge is 0.295 e. The Bertz CT molecular complexity index is 779. The van der Waals surface area contributed by atoms with E-state index < -0.39 is 0 Å². The summed E-state index contributed by atoms with van der Waals surface area (Å²) in [6, 6.07) is 9.78. The molecule has 0 unspecified atom stereocenters. The first-order valence-electron chi connectivity index (χ1n) is 6.28. The second-order valence-corrected chi connectivity index (χ2v) is 6.74. The van der Waals surface area contributed by atoms with E-state index in [4.69, 9.17) is 0 Å². The van der Waals surface area contributed by atoms with Gasteiger partial charge in [-0.25, -0.2) is 4.98 Å². The van der Waals surface area contributed by atoms with E-state index in [0.29, 0.717) is 10.8 Å². The molecule has 0 saturated carbocycles. The topological polar surface area (TPSA) is 67.8 Å². The minimum Gasteiger partial charge on any atom is -0.295 e. The van der Waals surface area contributed by atoms with Crippen LogP contribution < -0.4 is 5.32 Å². The maximum atomic E-state index is 12.4. The molecule has 0 radical (unpaired) electrons. The highest BCUT2D eigenvalue weighted by atomic mass is 32.1. The molecule has 7 heteroatoms. The quantitative estimate of drug-likeness (QED) is 0.802. The van der Waals surface area contributed by atoms with E-state index in [9.17, 15) is 4.79 Å². The lowest BCUT2D eigenvalue weighted by atomic mass is 10.1. The van der Waals surface area contributed by atoms with Gasteiger partial charge in [0.15, 0.2) is 0 Å². The van der Waals surface area contributed by atoms with Crippen LogP contribution in [0.15, 0.2) is 30.3 Å². The van der Waals surface area contributed by atoms with Gasteiger partial charge in [0.25, 0.3) is 5.91 Å². The Balaban J connectivity index is 1.93. The number of anilines is 1. The van der Waals surface area contributed by atoms with Crippen molar-refractivity contribution in [3.63, 3.8) is 0 Å². The molecule has 106 valence electrons. The molecule has 0 aliphatic carbocycles. The van der Waals surface area contributed by atoms with Crippen LogP contribution >= 0.6 is 22.7 Å². The summed E-state index contributed by atoms with van der Waals surface area (Å²) in [7, 11) is 0. The van der Waals surface area contributed by atoms with Crippen LogP contribution in [0.4, 0.5) is 5.13 Å². The molecule has 3 rings (SSSR count). The number of hydrogen-bond donors (Lipinski definition) is 1. The first kappa shape index (κ1) is 13.8. The Hall–Kier alpha value is -2.12. The van der Waals surface area contributed by atoms with Crippen LogP contribution in [0.1, 0.15) is 20.5 Å². The van der Waals surface area contributed by atoms with Crippen molar-refractivity contribution >= 4 is 33.7 Å². The lowest BCUT2D eigenvalue weighted by molar-refractivity contribution is 0.102. The third kappa shape index (κ3) is 2.98. The van der Waals surface area contributed by atoms with Crippen LogP contribution in [0.3, 0.4) is 0 Å². The van der Waals surface area contributed by atoms with Gasteiger partial charge in [-0.15, -0.1) is 21.5 Å². The zero-order chi connectivity index (χ0) is 14.8. The van der Waals surface area contributed by atoms with E-state index in [-0.39, 0.29) is 5.91 Å². The van der Waals surface area contributed by atoms with Gasteiger partial charge < -0.3 is 0 Å². The zero-order valence-corrected chi connectivity index (χ0v) is 13.1. The van der Waals surface area contributed by atoms with Crippen molar-refractivity contribution in [2.24, 2.45) is 0 Å². The smallest absolute Gasteiger partial charge is 0.277 e. The molecule has 0 spiro atoms. The predicted molar refractivity (Wildman–Crippen MR) is 84.9 cm³/mol. The van der Waals surface area contributed by atoms with Crippen LogP contribution in [-0.2, 0) is 0 Å². The second-order valence-electron chi connectivity index (χ2n) is 4.36. The minimum atomic E-state index is -0.255. The lowest BCUT2D eigenvalue weighted by Crippen LogP contribution is -2.13. The molecule has 3 aromatic rings. The maximum absolute atomic E-state index is 12.4. The van der Waals surface area contributed by atoms with Crippen molar-refractivity contribution in [2.45, 2.75) is 13.8 Å². The second kappa shape index (κ2) is 5.71. The summed E-state index contributed by atoms with van der Waals surface area (Å²) in [6.45, 7) is 3.73. The number of aryl methyl sites for hydroxylation is 2. The van der Waals surface area contributed by atoms with Crippen LogP contribution in [0.25, 0.3) is 10.4 Å². The van der Waals surface area contributed by atoms with Crippen LogP contribution in [0, 0.1) is 13.8 Å². The van der Waals surface area contributed by atoms with Crippen molar-refractivity contribution < 1.29 is 4.79 Å². The summed E-state index contributed by atoms with van der Waals surface area (Å²) in [5.74, 6) is -0.255. The van der Waals surface area contributed by atoms with Gasteiger partial charge in [0.1, 0.15) is 10.7 Å². The standard InChI is InChI=1S/C14H12N4OS2/c1-8-15-11(12(20-8)10-6-4-3-5-7-10)13(19)16-14-18-17-9(2)21-14/h3-7H,1-2H3,(H,16,18,19). The number of nitrogens with zero attached hydrogens (tertiary/aromatic N) is 3. The highest BCUT2D eigenvalue weighted by Gasteiger charge is 2.19. The van der Waals surface area contributed by atoms with E-state index in [0.717, 1.165) is 20.5 Å². The molecule has 1 aromatic carbocycles. The fourth-order valence-corrected chi connectivity index (χ4v) is 3.38. The van der Waals surface area contributed by atoms with Crippen molar-refractivity contribution in [3.8, 4) is 10.4 Å². The number of amides is 1. The number of carbonyl (C=O) groups is 1. The van der Waals surface area contributed by atoms with Gasteiger partial charge in [-0.3, -0.25) is 10.1 Å². The van der Waals surface area contributed by atoms with Gasteiger partial charge >= 0.3 is 0 Å². The summed E-state index contributed by atoms with van der Waals surface area (Å²) in [5.41, 5.74) is 1.42. The molecule has 21 heavy (non-hydrogen) atoms. The summed E-state index contributed by atoms with van der Waals surface area (Å²) < 4.78 is 0. The zero-order valence-electron chi connectivity index (χ0n) is 11.5. The molecule has 5 nitrogen and oxygen atoms in total. The summed E-state index contributed by atoms with van der Waals surface area (Å²) in [6.07, 6.45) is 0. The van der Waals surface area contributed by atoms with Crippen LogP contribution in [0.5, 0.6) is 0 Å². The number of nitrogens with one attached hydrogen (secondary N) is 1. The molecular formula is C14H12N4OS2. The number of thiazole rings is 1. The molecule has 0 bridgehead atoms. The number of carbonyl (C=O) groups excluding carboxylic acids is 1. The Morgan fingerprint density at radius 2 is 1.81 bits per heavy atom.